The van der Waals surface area contributed by atoms with Gasteiger partial charge in [-0.05, 0) is 57.1 Å². The van der Waals surface area contributed by atoms with E-state index in [4.69, 9.17) is 4.74 Å². The van der Waals surface area contributed by atoms with Crippen molar-refractivity contribution >= 4 is 17.1 Å². The van der Waals surface area contributed by atoms with Crippen LogP contribution in [0.2, 0.25) is 0 Å². The molecule has 2 aliphatic rings. The lowest BCUT2D eigenvalue weighted by Gasteiger charge is -2.49. The SMILES string of the molecule is COC(c1ccccc1)(c1ccccc1)c1ccc2c(c1)C(C)(C)c1cccc3c1N2c1ccccc1C3(C)C. The van der Waals surface area contributed by atoms with Gasteiger partial charge in [-0.15, -0.1) is 0 Å². The van der Waals surface area contributed by atoms with E-state index >= 15 is 0 Å². The number of para-hydroxylation sites is 2. The number of rotatable bonds is 4. The van der Waals surface area contributed by atoms with E-state index in [0.717, 1.165) is 16.7 Å². The van der Waals surface area contributed by atoms with Crippen molar-refractivity contribution in [3.63, 3.8) is 0 Å². The van der Waals surface area contributed by atoms with Gasteiger partial charge in [0.15, 0.2) is 0 Å². The van der Waals surface area contributed by atoms with Crippen LogP contribution >= 0.6 is 0 Å². The van der Waals surface area contributed by atoms with Crippen molar-refractivity contribution in [2.45, 2.75) is 44.1 Å². The Morgan fingerprint density at radius 2 is 1.00 bits per heavy atom. The zero-order valence-corrected chi connectivity index (χ0v) is 23.9. The fourth-order valence-corrected chi connectivity index (χ4v) is 7.30. The number of anilines is 3. The largest absolute Gasteiger partial charge is 0.364 e. The Balaban J connectivity index is 1.53. The highest BCUT2D eigenvalue weighted by Crippen LogP contribution is 2.60. The van der Waals surface area contributed by atoms with Crippen molar-refractivity contribution in [2.75, 3.05) is 12.0 Å². The van der Waals surface area contributed by atoms with Crippen molar-refractivity contribution in [3.05, 3.63) is 160 Å². The normalized spacial score (nSPS) is 16.1. The van der Waals surface area contributed by atoms with Crippen LogP contribution in [0.4, 0.5) is 17.1 Å². The van der Waals surface area contributed by atoms with Gasteiger partial charge >= 0.3 is 0 Å². The summed E-state index contributed by atoms with van der Waals surface area (Å²) < 4.78 is 6.58. The highest BCUT2D eigenvalue weighted by Gasteiger charge is 2.46. The average Bonchev–Trinajstić information content (AvgIpc) is 2.99. The molecule has 0 aliphatic carbocycles. The summed E-state index contributed by atoms with van der Waals surface area (Å²) in [5, 5.41) is 0. The van der Waals surface area contributed by atoms with Crippen molar-refractivity contribution in [2.24, 2.45) is 0 Å². The molecular weight excluding hydrogens is 486 g/mol. The van der Waals surface area contributed by atoms with E-state index in [1.807, 2.05) is 7.11 Å². The average molecular weight is 522 g/mol. The van der Waals surface area contributed by atoms with Gasteiger partial charge in [0, 0.05) is 17.9 Å². The number of benzene rings is 5. The van der Waals surface area contributed by atoms with Crippen molar-refractivity contribution in [1.82, 2.24) is 0 Å². The van der Waals surface area contributed by atoms with E-state index < -0.39 is 5.60 Å². The monoisotopic (exact) mass is 521 g/mol. The van der Waals surface area contributed by atoms with Crippen molar-refractivity contribution < 1.29 is 4.74 Å². The van der Waals surface area contributed by atoms with E-state index in [0.29, 0.717) is 0 Å². The van der Waals surface area contributed by atoms with Gasteiger partial charge in [0.1, 0.15) is 5.60 Å². The van der Waals surface area contributed by atoms with Gasteiger partial charge in [0.25, 0.3) is 0 Å². The first-order valence-electron chi connectivity index (χ1n) is 14.2. The summed E-state index contributed by atoms with van der Waals surface area (Å²) in [7, 11) is 1.83. The van der Waals surface area contributed by atoms with Crippen LogP contribution < -0.4 is 4.90 Å². The number of methoxy groups -OCH3 is 1. The van der Waals surface area contributed by atoms with Crippen LogP contribution in [-0.4, -0.2) is 7.11 Å². The van der Waals surface area contributed by atoms with Gasteiger partial charge in [-0.25, -0.2) is 0 Å². The third-order valence-corrected chi connectivity index (χ3v) is 9.41. The highest BCUT2D eigenvalue weighted by atomic mass is 16.5. The molecule has 0 radical (unpaired) electrons. The maximum atomic E-state index is 6.58. The Kier molecular flexibility index (Phi) is 5.40. The smallest absolute Gasteiger partial charge is 0.143 e. The lowest BCUT2D eigenvalue weighted by atomic mass is 9.66. The second kappa shape index (κ2) is 8.68. The zero-order chi connectivity index (χ0) is 27.7. The molecule has 2 aliphatic heterocycles. The number of hydrogen-bond donors (Lipinski definition) is 0. The maximum absolute atomic E-state index is 6.58. The Morgan fingerprint density at radius 3 is 1.60 bits per heavy atom. The molecule has 40 heavy (non-hydrogen) atoms. The molecule has 198 valence electrons. The number of fused-ring (bicyclic) bond motifs is 4. The molecule has 0 amide bonds. The number of nitrogens with zero attached hydrogens (tertiary/aromatic N) is 1. The minimum absolute atomic E-state index is 0.0855. The summed E-state index contributed by atoms with van der Waals surface area (Å²) in [6.45, 7) is 9.46. The van der Waals surface area contributed by atoms with Gasteiger partial charge in [-0.3, -0.25) is 0 Å². The van der Waals surface area contributed by atoms with Crippen LogP contribution in [0.5, 0.6) is 0 Å². The molecule has 0 saturated heterocycles. The van der Waals surface area contributed by atoms with Crippen molar-refractivity contribution in [1.29, 1.82) is 0 Å². The molecular formula is C38H35NO. The lowest BCUT2D eigenvalue weighted by Crippen LogP contribution is -2.38. The molecule has 0 saturated carbocycles. The molecule has 2 heterocycles. The standard InChI is InChI=1S/C38H35NO/c1-36(2)29-19-12-13-22-33(29)39-34-24-23-28(25-32(34)37(3,4)31-21-14-20-30(36)35(31)39)38(40-5,26-15-8-6-9-16-26)27-17-10-7-11-18-27/h6-25H,1-5H3. The molecule has 0 spiro atoms. The van der Waals surface area contributed by atoms with Crippen LogP contribution in [0.3, 0.4) is 0 Å². The summed E-state index contributed by atoms with van der Waals surface area (Å²) in [5.74, 6) is 0. The van der Waals surface area contributed by atoms with E-state index in [1.165, 1.54) is 39.3 Å². The Labute approximate surface area is 237 Å². The Morgan fingerprint density at radius 1 is 0.500 bits per heavy atom. The molecule has 0 atom stereocenters. The highest BCUT2D eigenvalue weighted by molar-refractivity contribution is 5.92. The molecule has 5 aromatic rings. The number of hydrogen-bond acceptors (Lipinski definition) is 2. The van der Waals surface area contributed by atoms with E-state index in [-0.39, 0.29) is 10.8 Å². The van der Waals surface area contributed by atoms with Crippen LogP contribution in [-0.2, 0) is 21.2 Å². The second-order valence-corrected chi connectivity index (χ2v) is 12.2. The molecule has 2 heteroatoms. The summed E-state index contributed by atoms with van der Waals surface area (Å²) in [6.07, 6.45) is 0. The molecule has 0 N–H and O–H groups in total. The molecule has 0 aromatic heterocycles. The van der Waals surface area contributed by atoms with Gasteiger partial charge < -0.3 is 9.64 Å². The first kappa shape index (κ1) is 24.9. The van der Waals surface area contributed by atoms with Crippen molar-refractivity contribution in [3.8, 4) is 0 Å². The molecule has 0 unspecified atom stereocenters. The van der Waals surface area contributed by atoms with Gasteiger partial charge in [0.05, 0.1) is 17.1 Å². The van der Waals surface area contributed by atoms with Gasteiger partial charge in [0.2, 0.25) is 0 Å². The molecule has 7 rings (SSSR count). The summed E-state index contributed by atoms with van der Waals surface area (Å²) in [6, 6.07) is 44.0. The fourth-order valence-electron chi connectivity index (χ4n) is 7.30. The summed E-state index contributed by atoms with van der Waals surface area (Å²) in [4.78, 5) is 2.51. The molecule has 2 nitrogen and oxygen atoms in total. The van der Waals surface area contributed by atoms with Crippen LogP contribution in [0, 0.1) is 0 Å². The fraction of sp³-hybridized carbons (Fsp3) is 0.211. The van der Waals surface area contributed by atoms with E-state index in [1.54, 1.807) is 0 Å². The van der Waals surface area contributed by atoms with Gasteiger partial charge in [-0.2, -0.15) is 0 Å². The maximum Gasteiger partial charge on any atom is 0.143 e. The molecule has 0 bridgehead atoms. The van der Waals surface area contributed by atoms with Crippen LogP contribution in [0.1, 0.15) is 66.6 Å². The van der Waals surface area contributed by atoms with Crippen LogP contribution in [0.25, 0.3) is 0 Å². The lowest BCUT2D eigenvalue weighted by molar-refractivity contribution is 0.0584. The van der Waals surface area contributed by atoms with Crippen LogP contribution in [0.15, 0.2) is 121 Å². The Hall–Kier alpha value is -4.14. The predicted octanol–water partition coefficient (Wildman–Crippen LogP) is 9.37. The predicted molar refractivity (Wildman–Crippen MR) is 165 cm³/mol. The minimum atomic E-state index is -0.739. The van der Waals surface area contributed by atoms with Gasteiger partial charge in [-0.1, -0.05) is 131 Å². The van der Waals surface area contributed by atoms with E-state index in [9.17, 15) is 0 Å². The quantitative estimate of drug-likeness (QED) is 0.218. The first-order chi connectivity index (χ1) is 19.3. The third-order valence-electron chi connectivity index (χ3n) is 9.41. The summed E-state index contributed by atoms with van der Waals surface area (Å²) in [5.41, 5.74) is 11.6. The van der Waals surface area contributed by atoms with E-state index in [2.05, 4.69) is 154 Å². The third kappa shape index (κ3) is 3.20. The second-order valence-electron chi connectivity index (χ2n) is 12.2. The molecule has 5 aromatic carbocycles. The first-order valence-corrected chi connectivity index (χ1v) is 14.2. The minimum Gasteiger partial charge on any atom is -0.364 e. The Bertz CT molecular complexity index is 1690. The zero-order valence-electron chi connectivity index (χ0n) is 23.9. The molecule has 0 fully saturated rings. The topological polar surface area (TPSA) is 12.5 Å². The summed E-state index contributed by atoms with van der Waals surface area (Å²) >= 11 is 0. The number of ether oxygens (including phenoxy) is 1.